The van der Waals surface area contributed by atoms with Crippen LogP contribution in [-0.2, 0) is 9.47 Å². The molecule has 0 fully saturated rings. The molecule has 0 aliphatic rings. The second-order valence-corrected chi connectivity index (χ2v) is 7.12. The van der Waals surface area contributed by atoms with Crippen molar-refractivity contribution in [3.8, 4) is 0 Å². The fourth-order valence-corrected chi connectivity index (χ4v) is 2.72. The summed E-state index contributed by atoms with van der Waals surface area (Å²) < 4.78 is 11.5. The predicted molar refractivity (Wildman–Crippen MR) is 102 cm³/mol. The molecule has 0 aromatic heterocycles. The maximum atomic E-state index is 5.78. The standard InChI is InChI=1S/C21H44O2/c1-4-6-8-10-12-14-17-22-19-16-21(3)20-23-18-15-13-11-9-7-5-2/h21H,4-20H2,1-3H3. The van der Waals surface area contributed by atoms with E-state index in [9.17, 15) is 0 Å². The van der Waals surface area contributed by atoms with E-state index in [-0.39, 0.29) is 0 Å². The third-order valence-electron chi connectivity index (χ3n) is 4.44. The Labute approximate surface area is 146 Å². The molecule has 0 aromatic rings. The highest BCUT2D eigenvalue weighted by molar-refractivity contribution is 4.52. The number of ether oxygens (including phenoxy) is 2. The van der Waals surface area contributed by atoms with Crippen molar-refractivity contribution >= 4 is 0 Å². The van der Waals surface area contributed by atoms with E-state index in [0.29, 0.717) is 5.92 Å². The van der Waals surface area contributed by atoms with E-state index in [1.54, 1.807) is 0 Å². The molecule has 0 aliphatic heterocycles. The maximum absolute atomic E-state index is 5.78. The first kappa shape index (κ1) is 22.9. The minimum atomic E-state index is 0.625. The number of unbranched alkanes of at least 4 members (excludes halogenated alkanes) is 10. The second kappa shape index (κ2) is 20.0. The first-order valence-corrected chi connectivity index (χ1v) is 10.5. The van der Waals surface area contributed by atoms with Crippen LogP contribution in [0.3, 0.4) is 0 Å². The molecular formula is C21H44O2. The topological polar surface area (TPSA) is 18.5 Å². The molecule has 0 amide bonds. The van der Waals surface area contributed by atoms with Gasteiger partial charge in [-0.2, -0.15) is 0 Å². The van der Waals surface area contributed by atoms with Crippen LogP contribution in [0.25, 0.3) is 0 Å². The van der Waals surface area contributed by atoms with E-state index in [4.69, 9.17) is 9.47 Å². The molecule has 0 saturated heterocycles. The number of rotatable bonds is 19. The molecule has 0 aromatic carbocycles. The van der Waals surface area contributed by atoms with Crippen molar-refractivity contribution in [1.82, 2.24) is 0 Å². The Bertz CT molecular complexity index is 206. The van der Waals surface area contributed by atoms with Gasteiger partial charge in [0.05, 0.1) is 0 Å². The van der Waals surface area contributed by atoms with Crippen molar-refractivity contribution in [3.63, 3.8) is 0 Å². The average Bonchev–Trinajstić information content (AvgIpc) is 2.56. The Morgan fingerprint density at radius 1 is 0.565 bits per heavy atom. The minimum absolute atomic E-state index is 0.625. The Kier molecular flexibility index (Phi) is 19.9. The van der Waals surface area contributed by atoms with Crippen LogP contribution in [0, 0.1) is 5.92 Å². The zero-order chi connectivity index (χ0) is 17.0. The number of hydrogen-bond donors (Lipinski definition) is 0. The molecule has 140 valence electrons. The zero-order valence-corrected chi connectivity index (χ0v) is 16.4. The minimum Gasteiger partial charge on any atom is -0.381 e. The van der Waals surface area contributed by atoms with E-state index in [0.717, 1.165) is 32.8 Å². The molecule has 23 heavy (non-hydrogen) atoms. The van der Waals surface area contributed by atoms with Gasteiger partial charge in [-0.25, -0.2) is 0 Å². The summed E-state index contributed by atoms with van der Waals surface area (Å²) in [5.74, 6) is 0.625. The highest BCUT2D eigenvalue weighted by atomic mass is 16.5. The molecule has 0 heterocycles. The van der Waals surface area contributed by atoms with Crippen molar-refractivity contribution in [2.45, 2.75) is 104 Å². The van der Waals surface area contributed by atoms with Crippen LogP contribution in [0.1, 0.15) is 104 Å². The summed E-state index contributed by atoms with van der Waals surface area (Å²) >= 11 is 0. The van der Waals surface area contributed by atoms with E-state index in [2.05, 4.69) is 20.8 Å². The normalized spacial score (nSPS) is 12.7. The van der Waals surface area contributed by atoms with Crippen LogP contribution in [0.2, 0.25) is 0 Å². The molecule has 0 N–H and O–H groups in total. The van der Waals surface area contributed by atoms with Gasteiger partial charge in [0, 0.05) is 26.4 Å². The fourth-order valence-electron chi connectivity index (χ4n) is 2.72. The van der Waals surface area contributed by atoms with Crippen LogP contribution in [-0.4, -0.2) is 26.4 Å². The molecule has 2 heteroatoms. The van der Waals surface area contributed by atoms with Gasteiger partial charge in [0.2, 0.25) is 0 Å². The van der Waals surface area contributed by atoms with Crippen LogP contribution < -0.4 is 0 Å². The first-order valence-electron chi connectivity index (χ1n) is 10.5. The van der Waals surface area contributed by atoms with E-state index >= 15 is 0 Å². The van der Waals surface area contributed by atoms with Gasteiger partial charge in [-0.05, 0) is 25.2 Å². The SMILES string of the molecule is CCCCCCCCOCCC(C)COCCCCCCCC. The van der Waals surface area contributed by atoms with Gasteiger partial charge >= 0.3 is 0 Å². The monoisotopic (exact) mass is 328 g/mol. The Morgan fingerprint density at radius 3 is 1.61 bits per heavy atom. The summed E-state index contributed by atoms with van der Waals surface area (Å²) in [5, 5.41) is 0. The summed E-state index contributed by atoms with van der Waals surface area (Å²) in [6.45, 7) is 10.5. The Hall–Kier alpha value is -0.0800. The zero-order valence-electron chi connectivity index (χ0n) is 16.4. The maximum Gasteiger partial charge on any atom is 0.0492 e. The number of hydrogen-bond acceptors (Lipinski definition) is 2. The van der Waals surface area contributed by atoms with E-state index in [1.165, 1.54) is 77.0 Å². The lowest BCUT2D eigenvalue weighted by molar-refractivity contribution is 0.0727. The van der Waals surface area contributed by atoms with Gasteiger partial charge in [0.15, 0.2) is 0 Å². The van der Waals surface area contributed by atoms with Crippen LogP contribution in [0.4, 0.5) is 0 Å². The van der Waals surface area contributed by atoms with Crippen molar-refractivity contribution in [3.05, 3.63) is 0 Å². The van der Waals surface area contributed by atoms with Gasteiger partial charge in [0.1, 0.15) is 0 Å². The lowest BCUT2D eigenvalue weighted by Gasteiger charge is -2.12. The second-order valence-electron chi connectivity index (χ2n) is 7.12. The molecular weight excluding hydrogens is 284 g/mol. The van der Waals surface area contributed by atoms with E-state index in [1.807, 2.05) is 0 Å². The Balaban J connectivity index is 3.11. The van der Waals surface area contributed by atoms with Gasteiger partial charge in [0.25, 0.3) is 0 Å². The first-order chi connectivity index (χ1) is 11.3. The predicted octanol–water partition coefficient (Wildman–Crippen LogP) is 6.77. The highest BCUT2D eigenvalue weighted by Crippen LogP contribution is 2.08. The molecule has 0 bridgehead atoms. The molecule has 0 rings (SSSR count). The quantitative estimate of drug-likeness (QED) is 0.244. The molecule has 0 saturated carbocycles. The van der Waals surface area contributed by atoms with Crippen molar-refractivity contribution in [2.24, 2.45) is 5.92 Å². The smallest absolute Gasteiger partial charge is 0.0492 e. The molecule has 0 spiro atoms. The van der Waals surface area contributed by atoms with Crippen LogP contribution in [0.5, 0.6) is 0 Å². The van der Waals surface area contributed by atoms with Gasteiger partial charge in [-0.3, -0.25) is 0 Å². The molecule has 2 nitrogen and oxygen atoms in total. The van der Waals surface area contributed by atoms with Gasteiger partial charge in [-0.1, -0.05) is 85.0 Å². The summed E-state index contributed by atoms with van der Waals surface area (Å²) in [6, 6.07) is 0. The largest absolute Gasteiger partial charge is 0.381 e. The summed E-state index contributed by atoms with van der Waals surface area (Å²) in [5.41, 5.74) is 0. The van der Waals surface area contributed by atoms with Crippen LogP contribution in [0.15, 0.2) is 0 Å². The molecule has 1 unspecified atom stereocenters. The summed E-state index contributed by atoms with van der Waals surface area (Å²) in [7, 11) is 0. The van der Waals surface area contributed by atoms with Gasteiger partial charge < -0.3 is 9.47 Å². The lowest BCUT2D eigenvalue weighted by Crippen LogP contribution is -2.10. The molecule has 1 atom stereocenters. The summed E-state index contributed by atoms with van der Waals surface area (Å²) in [6.07, 6.45) is 17.2. The summed E-state index contributed by atoms with van der Waals surface area (Å²) in [4.78, 5) is 0. The van der Waals surface area contributed by atoms with Crippen molar-refractivity contribution < 1.29 is 9.47 Å². The van der Waals surface area contributed by atoms with Crippen molar-refractivity contribution in [2.75, 3.05) is 26.4 Å². The lowest BCUT2D eigenvalue weighted by atomic mass is 10.1. The fraction of sp³-hybridized carbons (Fsp3) is 1.00. The third kappa shape index (κ3) is 19.9. The molecule has 0 aliphatic carbocycles. The molecule has 0 radical (unpaired) electrons. The van der Waals surface area contributed by atoms with Crippen LogP contribution >= 0.6 is 0 Å². The average molecular weight is 329 g/mol. The highest BCUT2D eigenvalue weighted by Gasteiger charge is 2.02. The van der Waals surface area contributed by atoms with Gasteiger partial charge in [-0.15, -0.1) is 0 Å². The Morgan fingerprint density at radius 2 is 1.04 bits per heavy atom. The third-order valence-corrected chi connectivity index (χ3v) is 4.44. The van der Waals surface area contributed by atoms with Crippen molar-refractivity contribution in [1.29, 1.82) is 0 Å². The van der Waals surface area contributed by atoms with E-state index < -0.39 is 0 Å².